The van der Waals surface area contributed by atoms with Crippen molar-refractivity contribution in [3.8, 4) is 0 Å². The van der Waals surface area contributed by atoms with Crippen LogP contribution >= 0.6 is 11.8 Å². The number of aromatic amines is 1. The van der Waals surface area contributed by atoms with E-state index >= 15 is 0 Å². The van der Waals surface area contributed by atoms with E-state index in [1.165, 1.54) is 6.33 Å². The minimum atomic E-state index is -0.736. The largest absolute Gasteiger partial charge is 0.481 e. The fraction of sp³-hybridized carbons (Fsp3) is 0.538. The first kappa shape index (κ1) is 14.8. The number of nitrogens with one attached hydrogen (secondary N) is 1. The summed E-state index contributed by atoms with van der Waals surface area (Å²) in [5.41, 5.74) is 0.897. The van der Waals surface area contributed by atoms with Crippen LogP contribution in [0.5, 0.6) is 0 Å². The molecule has 0 radical (unpaired) electrons. The molecule has 2 aromatic heterocycles. The molecule has 0 saturated heterocycles. The van der Waals surface area contributed by atoms with Crippen molar-refractivity contribution < 1.29 is 9.90 Å². The number of carboxylic acids is 1. The molecule has 2 aromatic rings. The molecule has 0 amide bonds. The van der Waals surface area contributed by atoms with E-state index in [-0.39, 0.29) is 0 Å². The molecule has 7 heteroatoms. The molecule has 0 aliphatic carbocycles. The number of imidazole rings is 1. The Morgan fingerprint density at radius 3 is 2.90 bits per heavy atom. The predicted molar refractivity (Wildman–Crippen MR) is 77.7 cm³/mol. The first-order valence-electron chi connectivity index (χ1n) is 6.51. The van der Waals surface area contributed by atoms with Gasteiger partial charge in [-0.25, -0.2) is 15.0 Å². The molecular formula is C13H18N4O2S. The van der Waals surface area contributed by atoms with Crippen LogP contribution in [-0.2, 0) is 4.79 Å². The topological polar surface area (TPSA) is 91.8 Å². The van der Waals surface area contributed by atoms with Crippen molar-refractivity contribution in [1.29, 1.82) is 0 Å². The molecule has 2 rings (SSSR count). The third-order valence-electron chi connectivity index (χ3n) is 3.20. The number of aromatic nitrogens is 4. The molecular weight excluding hydrogens is 276 g/mol. The molecule has 0 aromatic carbocycles. The SMILES string of the molecule is CC(C)(CCCCSc1ncnc2nc[nH]c12)C(=O)O. The number of hydrogen-bond acceptors (Lipinski definition) is 5. The fourth-order valence-electron chi connectivity index (χ4n) is 1.80. The lowest BCUT2D eigenvalue weighted by Crippen LogP contribution is -2.23. The number of carboxylic acid groups (broad SMARTS) is 1. The monoisotopic (exact) mass is 294 g/mol. The van der Waals surface area contributed by atoms with Gasteiger partial charge in [-0.3, -0.25) is 4.79 Å². The average Bonchev–Trinajstić information content (AvgIpc) is 2.87. The zero-order valence-electron chi connectivity index (χ0n) is 11.6. The molecule has 20 heavy (non-hydrogen) atoms. The van der Waals surface area contributed by atoms with Gasteiger partial charge in [-0.15, -0.1) is 11.8 Å². The molecule has 2 N–H and O–H groups in total. The summed E-state index contributed by atoms with van der Waals surface area (Å²) in [5, 5.41) is 9.93. The molecule has 0 aliphatic heterocycles. The molecule has 6 nitrogen and oxygen atoms in total. The Labute approximate surface area is 121 Å². The molecule has 0 fully saturated rings. The normalized spacial score (nSPS) is 11.9. The number of nitrogens with zero attached hydrogens (tertiary/aromatic N) is 3. The molecule has 0 bridgehead atoms. The Morgan fingerprint density at radius 2 is 2.15 bits per heavy atom. The van der Waals surface area contributed by atoms with E-state index in [1.807, 2.05) is 0 Å². The van der Waals surface area contributed by atoms with Crippen LogP contribution in [0.25, 0.3) is 11.2 Å². The molecule has 0 unspecified atom stereocenters. The quantitative estimate of drug-likeness (QED) is 0.463. The van der Waals surface area contributed by atoms with Crippen LogP contribution in [0.2, 0.25) is 0 Å². The number of unbranched alkanes of at least 4 members (excludes halogenated alkanes) is 1. The summed E-state index contributed by atoms with van der Waals surface area (Å²) < 4.78 is 0. The third kappa shape index (κ3) is 3.47. The van der Waals surface area contributed by atoms with Gasteiger partial charge in [-0.1, -0.05) is 6.42 Å². The van der Waals surface area contributed by atoms with E-state index in [4.69, 9.17) is 5.11 Å². The zero-order chi connectivity index (χ0) is 14.6. The van der Waals surface area contributed by atoms with Crippen molar-refractivity contribution >= 4 is 28.9 Å². The minimum Gasteiger partial charge on any atom is -0.481 e. The second kappa shape index (κ2) is 6.21. The first-order chi connectivity index (χ1) is 9.50. The summed E-state index contributed by atoms with van der Waals surface area (Å²) in [7, 11) is 0. The summed E-state index contributed by atoms with van der Waals surface area (Å²) in [4.78, 5) is 26.4. The Balaban J connectivity index is 1.79. The number of hydrogen-bond donors (Lipinski definition) is 2. The predicted octanol–water partition coefficient (Wildman–Crippen LogP) is 2.73. The molecule has 0 saturated carbocycles. The van der Waals surface area contributed by atoms with Gasteiger partial charge in [0.05, 0.1) is 11.7 Å². The molecule has 0 spiro atoms. The van der Waals surface area contributed by atoms with Gasteiger partial charge in [0.15, 0.2) is 5.65 Å². The fourth-order valence-corrected chi connectivity index (χ4v) is 2.76. The van der Waals surface area contributed by atoms with E-state index in [0.29, 0.717) is 12.1 Å². The zero-order valence-corrected chi connectivity index (χ0v) is 12.4. The highest BCUT2D eigenvalue weighted by molar-refractivity contribution is 7.99. The highest BCUT2D eigenvalue weighted by Crippen LogP contribution is 2.26. The summed E-state index contributed by atoms with van der Waals surface area (Å²) in [5.74, 6) is 0.168. The van der Waals surface area contributed by atoms with Crippen LogP contribution in [0.4, 0.5) is 0 Å². The van der Waals surface area contributed by atoms with Crippen molar-refractivity contribution in [1.82, 2.24) is 19.9 Å². The number of carbonyl (C=O) groups is 1. The van der Waals surface area contributed by atoms with Gasteiger partial charge >= 0.3 is 5.97 Å². The highest BCUT2D eigenvalue weighted by atomic mass is 32.2. The van der Waals surface area contributed by atoms with Crippen LogP contribution in [0.15, 0.2) is 17.7 Å². The van der Waals surface area contributed by atoms with Gasteiger partial charge in [0, 0.05) is 0 Å². The van der Waals surface area contributed by atoms with Crippen LogP contribution in [0.1, 0.15) is 33.1 Å². The maximum atomic E-state index is 11.0. The van der Waals surface area contributed by atoms with E-state index < -0.39 is 11.4 Å². The smallest absolute Gasteiger partial charge is 0.309 e. The van der Waals surface area contributed by atoms with Crippen molar-refractivity contribution in [2.24, 2.45) is 5.41 Å². The number of fused-ring (bicyclic) bond motifs is 1. The van der Waals surface area contributed by atoms with Gasteiger partial charge in [-0.2, -0.15) is 0 Å². The molecule has 0 atom stereocenters. The van der Waals surface area contributed by atoms with Gasteiger partial charge in [0.2, 0.25) is 0 Å². The van der Waals surface area contributed by atoms with Gasteiger partial charge in [0.25, 0.3) is 0 Å². The van der Waals surface area contributed by atoms with Gasteiger partial charge in [-0.05, 0) is 32.4 Å². The Kier molecular flexibility index (Phi) is 4.59. The average molecular weight is 294 g/mol. The van der Waals surface area contributed by atoms with Crippen molar-refractivity contribution in [2.75, 3.05) is 5.75 Å². The van der Waals surface area contributed by atoms with Crippen LogP contribution in [0.3, 0.4) is 0 Å². The van der Waals surface area contributed by atoms with Crippen LogP contribution < -0.4 is 0 Å². The summed E-state index contributed by atoms with van der Waals surface area (Å²) in [6.07, 6.45) is 5.66. The summed E-state index contributed by atoms with van der Waals surface area (Å²) in [6.45, 7) is 3.53. The number of rotatable bonds is 7. The summed E-state index contributed by atoms with van der Waals surface area (Å²) in [6, 6.07) is 0. The third-order valence-corrected chi connectivity index (χ3v) is 4.28. The molecule has 108 valence electrons. The second-order valence-corrected chi connectivity index (χ2v) is 6.36. The van der Waals surface area contributed by atoms with Gasteiger partial charge in [0.1, 0.15) is 16.9 Å². The lowest BCUT2D eigenvalue weighted by Gasteiger charge is -2.18. The van der Waals surface area contributed by atoms with Crippen LogP contribution in [0, 0.1) is 5.41 Å². The Morgan fingerprint density at radius 1 is 1.35 bits per heavy atom. The van der Waals surface area contributed by atoms with Crippen molar-refractivity contribution in [3.63, 3.8) is 0 Å². The van der Waals surface area contributed by atoms with E-state index in [9.17, 15) is 4.79 Å². The van der Waals surface area contributed by atoms with Crippen molar-refractivity contribution in [3.05, 3.63) is 12.7 Å². The lowest BCUT2D eigenvalue weighted by atomic mass is 9.88. The highest BCUT2D eigenvalue weighted by Gasteiger charge is 2.25. The number of aliphatic carboxylic acids is 1. The maximum absolute atomic E-state index is 11.0. The second-order valence-electron chi connectivity index (χ2n) is 5.27. The Bertz CT molecular complexity index is 597. The number of thioether (sulfide) groups is 1. The van der Waals surface area contributed by atoms with Crippen molar-refractivity contribution in [2.45, 2.75) is 38.1 Å². The Hall–Kier alpha value is -1.63. The lowest BCUT2D eigenvalue weighted by molar-refractivity contribution is -0.147. The van der Waals surface area contributed by atoms with E-state index in [0.717, 1.165) is 29.1 Å². The number of H-pyrrole nitrogens is 1. The minimum absolute atomic E-state index is 0.643. The first-order valence-corrected chi connectivity index (χ1v) is 7.49. The molecule has 0 aliphatic rings. The summed E-state index contributed by atoms with van der Waals surface area (Å²) >= 11 is 1.64. The maximum Gasteiger partial charge on any atom is 0.309 e. The van der Waals surface area contributed by atoms with Gasteiger partial charge < -0.3 is 10.1 Å². The van der Waals surface area contributed by atoms with E-state index in [2.05, 4.69) is 19.9 Å². The molecule has 2 heterocycles. The van der Waals surface area contributed by atoms with Crippen LogP contribution in [-0.4, -0.2) is 36.8 Å². The van der Waals surface area contributed by atoms with E-state index in [1.54, 1.807) is 31.9 Å². The standard InChI is InChI=1S/C13H18N4O2S/c1-13(2,12(18)19)5-3-4-6-20-11-9-10(15-7-14-9)16-8-17-11/h7-8H,3-6H2,1-2H3,(H,18,19)(H,14,15,16,17).